The highest BCUT2D eigenvalue weighted by molar-refractivity contribution is 5.54. The predicted octanol–water partition coefficient (Wildman–Crippen LogP) is 1.77. The Kier molecular flexibility index (Phi) is 3.09. The summed E-state index contributed by atoms with van der Waals surface area (Å²) >= 11 is 0. The van der Waals surface area contributed by atoms with Crippen molar-refractivity contribution in [1.82, 2.24) is 9.55 Å². The van der Waals surface area contributed by atoms with Crippen LogP contribution in [0.2, 0.25) is 0 Å². The largest absolute Gasteiger partial charge is 0.402 e. The zero-order valence-electron chi connectivity index (χ0n) is 7.64. The van der Waals surface area contributed by atoms with Crippen molar-refractivity contribution in [3.8, 4) is 0 Å². The highest BCUT2D eigenvalue weighted by atomic mass is 15.0. The maximum absolute atomic E-state index is 5.46. The minimum Gasteiger partial charge on any atom is -0.402 e. The SMILES string of the molecule is C=C(/C=C\C=C(\C)N)n1ccnc1. The molecular weight excluding hydrogens is 162 g/mol. The third-order valence-electron chi connectivity index (χ3n) is 1.48. The van der Waals surface area contributed by atoms with Gasteiger partial charge in [0.15, 0.2) is 0 Å². The third-order valence-corrected chi connectivity index (χ3v) is 1.48. The van der Waals surface area contributed by atoms with Gasteiger partial charge in [0.25, 0.3) is 0 Å². The Morgan fingerprint density at radius 3 is 2.92 bits per heavy atom. The van der Waals surface area contributed by atoms with E-state index in [4.69, 9.17) is 5.73 Å². The van der Waals surface area contributed by atoms with E-state index in [1.165, 1.54) is 0 Å². The molecular formula is C10H13N3. The molecule has 13 heavy (non-hydrogen) atoms. The fourth-order valence-corrected chi connectivity index (χ4v) is 0.826. The molecule has 0 saturated carbocycles. The van der Waals surface area contributed by atoms with Crippen LogP contribution >= 0.6 is 0 Å². The first-order valence-electron chi connectivity index (χ1n) is 3.98. The highest BCUT2D eigenvalue weighted by Crippen LogP contribution is 2.01. The second-order valence-corrected chi connectivity index (χ2v) is 2.73. The minimum atomic E-state index is 0.773. The third kappa shape index (κ3) is 2.99. The summed E-state index contributed by atoms with van der Waals surface area (Å²) in [4.78, 5) is 3.91. The van der Waals surface area contributed by atoms with Gasteiger partial charge in [0.05, 0.1) is 6.33 Å². The molecule has 3 heteroatoms. The van der Waals surface area contributed by atoms with E-state index < -0.39 is 0 Å². The number of nitrogens with zero attached hydrogens (tertiary/aromatic N) is 2. The van der Waals surface area contributed by atoms with Crippen LogP contribution in [0.15, 0.2) is 49.2 Å². The zero-order chi connectivity index (χ0) is 9.68. The quantitative estimate of drug-likeness (QED) is 0.711. The topological polar surface area (TPSA) is 43.8 Å². The predicted molar refractivity (Wildman–Crippen MR) is 54.6 cm³/mol. The van der Waals surface area contributed by atoms with Crippen LogP contribution in [-0.2, 0) is 0 Å². The van der Waals surface area contributed by atoms with Gasteiger partial charge in [-0.25, -0.2) is 4.98 Å². The first kappa shape index (κ1) is 9.32. The van der Waals surface area contributed by atoms with Crippen molar-refractivity contribution >= 4 is 5.70 Å². The Labute approximate surface area is 77.9 Å². The first-order chi connectivity index (χ1) is 6.20. The lowest BCUT2D eigenvalue weighted by atomic mass is 10.3. The van der Waals surface area contributed by atoms with Gasteiger partial charge < -0.3 is 10.3 Å². The lowest BCUT2D eigenvalue weighted by Gasteiger charge is -1.97. The average molecular weight is 175 g/mol. The Hall–Kier alpha value is -1.77. The van der Waals surface area contributed by atoms with Gasteiger partial charge in [0.1, 0.15) is 0 Å². The Morgan fingerprint density at radius 2 is 2.38 bits per heavy atom. The fourth-order valence-electron chi connectivity index (χ4n) is 0.826. The zero-order valence-corrected chi connectivity index (χ0v) is 7.64. The molecule has 1 heterocycles. The van der Waals surface area contributed by atoms with Crippen LogP contribution in [0.5, 0.6) is 0 Å². The molecule has 0 fully saturated rings. The van der Waals surface area contributed by atoms with Gasteiger partial charge in [-0.3, -0.25) is 0 Å². The molecule has 0 aliphatic heterocycles. The van der Waals surface area contributed by atoms with Crippen molar-refractivity contribution in [2.75, 3.05) is 0 Å². The van der Waals surface area contributed by atoms with Crippen molar-refractivity contribution < 1.29 is 0 Å². The number of imidazole rings is 1. The van der Waals surface area contributed by atoms with Crippen molar-refractivity contribution in [3.05, 3.63) is 49.2 Å². The van der Waals surface area contributed by atoms with Crippen LogP contribution in [0.3, 0.4) is 0 Å². The van der Waals surface area contributed by atoms with Gasteiger partial charge in [-0.15, -0.1) is 0 Å². The van der Waals surface area contributed by atoms with Crippen LogP contribution in [0.1, 0.15) is 6.92 Å². The van der Waals surface area contributed by atoms with E-state index in [2.05, 4.69) is 11.6 Å². The number of nitrogens with two attached hydrogens (primary N) is 1. The van der Waals surface area contributed by atoms with E-state index in [9.17, 15) is 0 Å². The summed E-state index contributed by atoms with van der Waals surface area (Å²) in [6, 6.07) is 0. The van der Waals surface area contributed by atoms with Gasteiger partial charge in [-0.1, -0.05) is 12.7 Å². The van der Waals surface area contributed by atoms with E-state index in [-0.39, 0.29) is 0 Å². The summed E-state index contributed by atoms with van der Waals surface area (Å²) < 4.78 is 1.83. The second kappa shape index (κ2) is 4.30. The molecule has 68 valence electrons. The Morgan fingerprint density at radius 1 is 1.62 bits per heavy atom. The number of hydrogen-bond acceptors (Lipinski definition) is 2. The molecule has 0 bridgehead atoms. The molecule has 2 N–H and O–H groups in total. The van der Waals surface area contributed by atoms with Crippen molar-refractivity contribution in [2.45, 2.75) is 6.92 Å². The van der Waals surface area contributed by atoms with Gasteiger partial charge in [0, 0.05) is 23.8 Å². The van der Waals surface area contributed by atoms with Crippen molar-refractivity contribution in [2.24, 2.45) is 5.73 Å². The molecule has 0 saturated heterocycles. The summed E-state index contributed by atoms with van der Waals surface area (Å²) in [7, 11) is 0. The minimum absolute atomic E-state index is 0.773. The maximum atomic E-state index is 5.46. The molecule has 0 amide bonds. The molecule has 0 aliphatic rings. The summed E-state index contributed by atoms with van der Waals surface area (Å²) in [5.41, 5.74) is 7.09. The van der Waals surface area contributed by atoms with Gasteiger partial charge in [0.2, 0.25) is 0 Å². The fraction of sp³-hybridized carbons (Fsp3) is 0.100. The summed E-state index contributed by atoms with van der Waals surface area (Å²) in [5.74, 6) is 0. The van der Waals surface area contributed by atoms with Gasteiger partial charge in [-0.05, 0) is 19.1 Å². The number of allylic oxidation sites excluding steroid dienone is 5. The van der Waals surface area contributed by atoms with Crippen LogP contribution < -0.4 is 5.73 Å². The van der Waals surface area contributed by atoms with Gasteiger partial charge in [-0.2, -0.15) is 0 Å². The standard InChI is InChI=1S/C10H13N3/c1-9(11)4-3-5-10(2)13-7-6-12-8-13/h3-8H,2,11H2,1H3/b5-3-,9-4-. The Balaban J connectivity index is 2.62. The average Bonchev–Trinajstić information content (AvgIpc) is 2.55. The van der Waals surface area contributed by atoms with Crippen LogP contribution in [0, 0.1) is 0 Å². The summed E-state index contributed by atoms with van der Waals surface area (Å²) in [6.45, 7) is 5.70. The number of aromatic nitrogens is 2. The molecule has 0 aliphatic carbocycles. The number of rotatable bonds is 3. The molecule has 0 spiro atoms. The molecule has 0 aromatic carbocycles. The Bertz CT molecular complexity index is 327. The van der Waals surface area contributed by atoms with Crippen molar-refractivity contribution in [3.63, 3.8) is 0 Å². The second-order valence-electron chi connectivity index (χ2n) is 2.73. The van der Waals surface area contributed by atoms with E-state index in [1.807, 2.05) is 35.9 Å². The molecule has 1 rings (SSSR count). The van der Waals surface area contributed by atoms with E-state index >= 15 is 0 Å². The van der Waals surface area contributed by atoms with Crippen LogP contribution in [-0.4, -0.2) is 9.55 Å². The molecule has 3 nitrogen and oxygen atoms in total. The lowest BCUT2D eigenvalue weighted by Crippen LogP contribution is -1.89. The first-order valence-corrected chi connectivity index (χ1v) is 3.98. The summed E-state index contributed by atoms with van der Waals surface area (Å²) in [6.07, 6.45) is 10.8. The smallest absolute Gasteiger partial charge is 0.0991 e. The van der Waals surface area contributed by atoms with Crippen molar-refractivity contribution in [1.29, 1.82) is 0 Å². The monoisotopic (exact) mass is 175 g/mol. The molecule has 1 aromatic rings. The van der Waals surface area contributed by atoms with Gasteiger partial charge >= 0.3 is 0 Å². The van der Waals surface area contributed by atoms with E-state index in [1.54, 1.807) is 12.5 Å². The van der Waals surface area contributed by atoms with Crippen LogP contribution in [0.25, 0.3) is 5.70 Å². The molecule has 1 aromatic heterocycles. The highest BCUT2D eigenvalue weighted by Gasteiger charge is 1.88. The number of hydrogen-bond donors (Lipinski definition) is 1. The maximum Gasteiger partial charge on any atom is 0.0991 e. The summed E-state index contributed by atoms with van der Waals surface area (Å²) in [5, 5.41) is 0. The molecule has 0 radical (unpaired) electrons. The lowest BCUT2D eigenvalue weighted by molar-refractivity contribution is 1.10. The van der Waals surface area contributed by atoms with Crippen LogP contribution in [0.4, 0.5) is 0 Å². The molecule has 0 unspecified atom stereocenters. The van der Waals surface area contributed by atoms with E-state index in [0.29, 0.717) is 0 Å². The molecule has 0 atom stereocenters. The van der Waals surface area contributed by atoms with E-state index in [0.717, 1.165) is 11.4 Å². The normalized spacial score (nSPS) is 12.2.